The first-order chi connectivity index (χ1) is 16.5. The van der Waals surface area contributed by atoms with Gasteiger partial charge in [-0.1, -0.05) is 52.8 Å². The fourth-order valence-electron chi connectivity index (χ4n) is 4.15. The summed E-state index contributed by atoms with van der Waals surface area (Å²) in [6.45, 7) is 15.6. The van der Waals surface area contributed by atoms with Gasteiger partial charge in [0.15, 0.2) is 5.78 Å². The van der Waals surface area contributed by atoms with E-state index in [4.69, 9.17) is 5.11 Å². The van der Waals surface area contributed by atoms with Gasteiger partial charge in [-0.25, -0.2) is 4.79 Å². The third-order valence-corrected chi connectivity index (χ3v) is 6.33. The Morgan fingerprint density at radius 1 is 1.03 bits per heavy atom. The van der Waals surface area contributed by atoms with Gasteiger partial charge in [-0.2, -0.15) is 0 Å². The second kappa shape index (κ2) is 11.1. The summed E-state index contributed by atoms with van der Waals surface area (Å²) in [6.07, 6.45) is 3.32. The summed E-state index contributed by atoms with van der Waals surface area (Å²) in [5.74, 6) is -0.530. The predicted molar refractivity (Wildman–Crippen MR) is 145 cm³/mol. The SMILES string of the molecule is CC(C)CNc1c(N2CCN(C)CC2)cc(C(=O)C=Cc2ccc(C(=O)O)cc2)cc1C(C)(C)C. The second-order valence-corrected chi connectivity index (χ2v) is 10.9. The standard InChI is InChI=1S/C29H39N3O3/c1-20(2)19-30-27-24(29(3,4)5)17-23(18-25(27)32-15-13-31(6)14-16-32)26(33)12-9-21-7-10-22(11-8-21)28(34)35/h7-12,17-18,20,30H,13-16,19H2,1-6H3,(H,34,35). The van der Waals surface area contributed by atoms with E-state index in [2.05, 4.69) is 56.8 Å². The molecule has 0 unspecified atom stereocenters. The number of aromatic carboxylic acids is 1. The summed E-state index contributed by atoms with van der Waals surface area (Å²) in [7, 11) is 2.14. The Morgan fingerprint density at radius 2 is 1.66 bits per heavy atom. The van der Waals surface area contributed by atoms with E-state index in [1.807, 2.05) is 12.1 Å². The number of allylic oxidation sites excluding steroid dienone is 1. The highest BCUT2D eigenvalue weighted by Gasteiger charge is 2.26. The number of likely N-dealkylation sites (N-methyl/N-ethyl adjacent to an activating group) is 1. The molecule has 0 amide bonds. The largest absolute Gasteiger partial charge is 0.478 e. The van der Waals surface area contributed by atoms with Crippen LogP contribution in [-0.4, -0.2) is 61.5 Å². The number of hydrogen-bond donors (Lipinski definition) is 2. The molecule has 0 aliphatic carbocycles. The zero-order valence-electron chi connectivity index (χ0n) is 21.9. The number of carboxylic acid groups (broad SMARTS) is 1. The fraction of sp³-hybridized carbons (Fsp3) is 0.448. The van der Waals surface area contributed by atoms with Crippen LogP contribution in [0.15, 0.2) is 42.5 Å². The summed E-state index contributed by atoms with van der Waals surface area (Å²) in [6, 6.07) is 10.6. The lowest BCUT2D eigenvalue weighted by molar-refractivity contribution is 0.0696. The molecule has 1 saturated heterocycles. The van der Waals surface area contributed by atoms with Crippen LogP contribution in [0.5, 0.6) is 0 Å². The van der Waals surface area contributed by atoms with Crippen LogP contribution in [0.1, 0.15) is 66.5 Å². The molecule has 0 radical (unpaired) electrons. The minimum Gasteiger partial charge on any atom is -0.478 e. The van der Waals surface area contributed by atoms with Crippen molar-refractivity contribution in [2.24, 2.45) is 5.92 Å². The average molecular weight is 478 g/mol. The van der Waals surface area contributed by atoms with Crippen LogP contribution in [-0.2, 0) is 5.41 Å². The Balaban J connectivity index is 2.00. The van der Waals surface area contributed by atoms with Crippen LogP contribution in [0.25, 0.3) is 6.08 Å². The minimum absolute atomic E-state index is 0.0661. The van der Waals surface area contributed by atoms with E-state index < -0.39 is 5.97 Å². The van der Waals surface area contributed by atoms with Crippen LogP contribution in [0.2, 0.25) is 0 Å². The molecule has 1 aliphatic rings. The lowest BCUT2D eigenvalue weighted by atomic mass is 9.83. The maximum atomic E-state index is 13.3. The van der Waals surface area contributed by atoms with Gasteiger partial charge in [-0.15, -0.1) is 0 Å². The summed E-state index contributed by atoms with van der Waals surface area (Å²) < 4.78 is 0. The molecule has 0 aromatic heterocycles. The van der Waals surface area contributed by atoms with Crippen molar-refractivity contribution in [3.05, 3.63) is 64.7 Å². The number of carboxylic acids is 1. The van der Waals surface area contributed by atoms with Gasteiger partial charge in [0, 0.05) is 38.3 Å². The molecule has 2 N–H and O–H groups in total. The number of anilines is 2. The van der Waals surface area contributed by atoms with Crippen LogP contribution in [0.4, 0.5) is 11.4 Å². The monoisotopic (exact) mass is 477 g/mol. The van der Waals surface area contributed by atoms with Crippen molar-refractivity contribution in [1.82, 2.24) is 4.90 Å². The van der Waals surface area contributed by atoms with E-state index in [0.29, 0.717) is 11.5 Å². The summed E-state index contributed by atoms with van der Waals surface area (Å²) in [4.78, 5) is 29.1. The number of nitrogens with one attached hydrogen (secondary N) is 1. The molecular formula is C29H39N3O3. The Bertz CT molecular complexity index is 1070. The van der Waals surface area contributed by atoms with E-state index in [0.717, 1.165) is 55.2 Å². The van der Waals surface area contributed by atoms with Crippen molar-refractivity contribution < 1.29 is 14.7 Å². The zero-order chi connectivity index (χ0) is 25.8. The second-order valence-electron chi connectivity index (χ2n) is 10.9. The van der Waals surface area contributed by atoms with Crippen LogP contribution in [0.3, 0.4) is 0 Å². The van der Waals surface area contributed by atoms with Gasteiger partial charge >= 0.3 is 5.97 Å². The van der Waals surface area contributed by atoms with Crippen molar-refractivity contribution in [2.45, 2.75) is 40.0 Å². The van der Waals surface area contributed by atoms with Crippen molar-refractivity contribution in [3.63, 3.8) is 0 Å². The highest BCUT2D eigenvalue weighted by atomic mass is 16.4. The quantitative estimate of drug-likeness (QED) is 0.392. The molecule has 0 bridgehead atoms. The van der Waals surface area contributed by atoms with Crippen LogP contribution < -0.4 is 10.2 Å². The van der Waals surface area contributed by atoms with E-state index in [9.17, 15) is 9.59 Å². The number of nitrogens with zero attached hydrogens (tertiary/aromatic N) is 2. The maximum absolute atomic E-state index is 13.3. The lowest BCUT2D eigenvalue weighted by Gasteiger charge is -2.37. The molecule has 2 aromatic rings. The number of hydrogen-bond acceptors (Lipinski definition) is 5. The van der Waals surface area contributed by atoms with E-state index >= 15 is 0 Å². The molecule has 1 fully saturated rings. The first-order valence-corrected chi connectivity index (χ1v) is 12.4. The third-order valence-electron chi connectivity index (χ3n) is 6.33. The first-order valence-electron chi connectivity index (χ1n) is 12.4. The molecule has 0 spiro atoms. The number of rotatable bonds is 8. The van der Waals surface area contributed by atoms with E-state index in [1.54, 1.807) is 36.4 Å². The Labute approximate surface area is 209 Å². The molecule has 1 heterocycles. The lowest BCUT2D eigenvalue weighted by Crippen LogP contribution is -2.45. The van der Waals surface area contributed by atoms with Gasteiger partial charge in [0.25, 0.3) is 0 Å². The molecule has 35 heavy (non-hydrogen) atoms. The zero-order valence-corrected chi connectivity index (χ0v) is 21.9. The van der Waals surface area contributed by atoms with E-state index in [1.165, 1.54) is 0 Å². The molecule has 2 aromatic carbocycles. The summed E-state index contributed by atoms with van der Waals surface area (Å²) >= 11 is 0. The molecular weight excluding hydrogens is 438 g/mol. The number of piperazine rings is 1. The number of ketones is 1. The molecule has 6 heteroatoms. The Morgan fingerprint density at radius 3 is 2.20 bits per heavy atom. The number of carbonyl (C=O) groups excluding carboxylic acids is 1. The van der Waals surface area contributed by atoms with Crippen molar-refractivity contribution >= 4 is 29.2 Å². The highest BCUT2D eigenvalue weighted by Crippen LogP contribution is 2.39. The van der Waals surface area contributed by atoms with Gasteiger partial charge in [-0.3, -0.25) is 4.79 Å². The van der Waals surface area contributed by atoms with E-state index in [-0.39, 0.29) is 16.8 Å². The molecule has 0 atom stereocenters. The topological polar surface area (TPSA) is 72.9 Å². The van der Waals surface area contributed by atoms with Crippen LogP contribution >= 0.6 is 0 Å². The highest BCUT2D eigenvalue weighted by molar-refractivity contribution is 6.08. The predicted octanol–water partition coefficient (Wildman–Crippen LogP) is 5.40. The fourth-order valence-corrected chi connectivity index (χ4v) is 4.15. The van der Waals surface area contributed by atoms with Crippen molar-refractivity contribution in [3.8, 4) is 0 Å². The number of carbonyl (C=O) groups is 2. The Kier molecular flexibility index (Phi) is 8.39. The molecule has 1 aliphatic heterocycles. The molecule has 6 nitrogen and oxygen atoms in total. The molecule has 3 rings (SSSR count). The maximum Gasteiger partial charge on any atom is 0.335 e. The van der Waals surface area contributed by atoms with Crippen LogP contribution in [0, 0.1) is 5.92 Å². The summed E-state index contributed by atoms with van der Waals surface area (Å²) in [5.41, 5.74) is 4.88. The van der Waals surface area contributed by atoms with Gasteiger partial charge in [0.05, 0.1) is 16.9 Å². The van der Waals surface area contributed by atoms with Crippen molar-refractivity contribution in [1.29, 1.82) is 0 Å². The van der Waals surface area contributed by atoms with Crippen molar-refractivity contribution in [2.75, 3.05) is 50.0 Å². The van der Waals surface area contributed by atoms with Gasteiger partial charge in [-0.05, 0) is 59.8 Å². The molecule has 0 saturated carbocycles. The third kappa shape index (κ3) is 6.95. The smallest absolute Gasteiger partial charge is 0.335 e. The average Bonchev–Trinajstić information content (AvgIpc) is 2.80. The minimum atomic E-state index is -0.964. The first kappa shape index (κ1) is 26.5. The molecule has 188 valence electrons. The Hall–Kier alpha value is -3.12. The van der Waals surface area contributed by atoms with Gasteiger partial charge in [0.1, 0.15) is 0 Å². The summed E-state index contributed by atoms with van der Waals surface area (Å²) in [5, 5.41) is 12.8. The van der Waals surface area contributed by atoms with Gasteiger partial charge < -0.3 is 20.2 Å². The number of benzene rings is 2. The normalized spacial score (nSPS) is 15.1. The van der Waals surface area contributed by atoms with Gasteiger partial charge in [0.2, 0.25) is 0 Å².